The summed E-state index contributed by atoms with van der Waals surface area (Å²) >= 11 is 1.87. The summed E-state index contributed by atoms with van der Waals surface area (Å²) in [4.78, 5) is 10.5. The molecule has 0 aliphatic rings. The minimum absolute atomic E-state index is 0.268. The van der Waals surface area contributed by atoms with E-state index >= 15 is 0 Å². The third kappa shape index (κ3) is 3.66. The minimum atomic E-state index is -0.889. The zero-order valence-electron chi connectivity index (χ0n) is 4.71. The van der Waals surface area contributed by atoms with E-state index in [2.05, 4.69) is 4.74 Å². The number of ether oxygens (including phenoxy) is 1. The Bertz CT molecular complexity index is 97.8. The summed E-state index contributed by atoms with van der Waals surface area (Å²) in [5.74, 6) is -0.563. The third-order valence-corrected chi connectivity index (χ3v) is 1.01. The molecule has 0 aromatic rings. The molecule has 9 heavy (non-hydrogen) atoms. The Labute approximate surface area is 66.5 Å². The fraction of sp³-hybridized carbons (Fsp3) is 0.750. The van der Waals surface area contributed by atoms with Crippen LogP contribution in [0.1, 0.15) is 0 Å². The van der Waals surface area contributed by atoms with Gasteiger partial charge in [0.1, 0.15) is 10.7 Å². The highest BCUT2D eigenvalue weighted by Crippen LogP contribution is 1.88. The summed E-state index contributed by atoms with van der Waals surface area (Å²) in [6.45, 7) is -0.366. The number of halogens is 1. The van der Waals surface area contributed by atoms with Crippen molar-refractivity contribution in [3.8, 4) is 0 Å². The number of esters is 1. The van der Waals surface area contributed by atoms with Crippen LogP contribution < -0.4 is 5.73 Å². The van der Waals surface area contributed by atoms with Crippen LogP contribution in [0.4, 0.5) is 0 Å². The van der Waals surface area contributed by atoms with E-state index < -0.39 is 12.0 Å². The van der Waals surface area contributed by atoms with Gasteiger partial charge in [-0.3, -0.25) is 4.79 Å². The van der Waals surface area contributed by atoms with E-state index in [1.807, 2.05) is 22.6 Å². The minimum Gasteiger partial charge on any atom is -0.454 e. The monoisotopic (exact) mass is 245 g/mol. The van der Waals surface area contributed by atoms with E-state index in [0.29, 0.717) is 0 Å². The molecule has 0 amide bonds. The van der Waals surface area contributed by atoms with Gasteiger partial charge in [0.2, 0.25) is 0 Å². The average molecular weight is 245 g/mol. The van der Waals surface area contributed by atoms with E-state index in [4.69, 9.17) is 10.8 Å². The molecule has 0 aromatic heterocycles. The van der Waals surface area contributed by atoms with E-state index in [-0.39, 0.29) is 11.2 Å². The van der Waals surface area contributed by atoms with E-state index in [9.17, 15) is 4.79 Å². The summed E-state index contributed by atoms with van der Waals surface area (Å²) in [5.41, 5.74) is 5.07. The number of carbonyl (C=O) groups excluding carboxylic acids is 1. The predicted octanol–water partition coefficient (Wildman–Crippen LogP) is -0.758. The normalized spacial score (nSPS) is 12.8. The second-order valence-electron chi connectivity index (χ2n) is 1.36. The SMILES string of the molecule is N[C@@H](CO)C(=O)OCI. The standard InChI is InChI=1S/C4H8INO3/c5-2-9-4(8)3(6)1-7/h3,7H,1-2,6H2/t3-/m0/s1. The van der Waals surface area contributed by atoms with Gasteiger partial charge in [-0.15, -0.1) is 0 Å². The number of hydrogen-bond acceptors (Lipinski definition) is 4. The Balaban J connectivity index is 3.46. The van der Waals surface area contributed by atoms with Gasteiger partial charge in [0.25, 0.3) is 0 Å². The van der Waals surface area contributed by atoms with Gasteiger partial charge in [-0.1, -0.05) is 0 Å². The zero-order valence-corrected chi connectivity index (χ0v) is 6.87. The topological polar surface area (TPSA) is 72.5 Å². The third-order valence-electron chi connectivity index (χ3n) is 0.696. The molecule has 0 saturated heterocycles. The summed E-state index contributed by atoms with van der Waals surface area (Å²) in [5, 5.41) is 8.30. The van der Waals surface area contributed by atoms with Crippen LogP contribution in [-0.4, -0.2) is 28.3 Å². The molecule has 3 N–H and O–H groups in total. The van der Waals surface area contributed by atoms with Crippen molar-refractivity contribution in [3.63, 3.8) is 0 Å². The number of rotatable bonds is 3. The quantitative estimate of drug-likeness (QED) is 0.389. The fourth-order valence-electron chi connectivity index (χ4n) is 0.235. The maximum Gasteiger partial charge on any atom is 0.326 e. The lowest BCUT2D eigenvalue weighted by Crippen LogP contribution is -2.35. The van der Waals surface area contributed by atoms with E-state index in [1.54, 1.807) is 0 Å². The second kappa shape index (κ2) is 4.95. The molecule has 5 heteroatoms. The van der Waals surface area contributed by atoms with Crippen molar-refractivity contribution in [2.45, 2.75) is 6.04 Å². The molecule has 0 radical (unpaired) electrons. The van der Waals surface area contributed by atoms with Crippen molar-refractivity contribution in [2.75, 3.05) is 11.2 Å². The Morgan fingerprint density at radius 2 is 2.44 bits per heavy atom. The first kappa shape index (κ1) is 9.12. The lowest BCUT2D eigenvalue weighted by atomic mass is 10.3. The first-order chi connectivity index (χ1) is 4.22. The van der Waals surface area contributed by atoms with Crippen LogP contribution in [0.15, 0.2) is 0 Å². The van der Waals surface area contributed by atoms with Gasteiger partial charge in [-0.05, 0) is 22.6 Å². The molecule has 0 unspecified atom stereocenters. The molecule has 0 spiro atoms. The van der Waals surface area contributed by atoms with Gasteiger partial charge in [-0.25, -0.2) is 0 Å². The summed E-state index contributed by atoms with van der Waals surface area (Å²) in [7, 11) is 0. The van der Waals surface area contributed by atoms with E-state index in [1.165, 1.54) is 0 Å². The fourth-order valence-corrected chi connectivity index (χ4v) is 0.542. The molecule has 54 valence electrons. The van der Waals surface area contributed by atoms with Crippen molar-refractivity contribution < 1.29 is 14.6 Å². The molecule has 0 rings (SSSR count). The van der Waals surface area contributed by atoms with Gasteiger partial charge < -0.3 is 15.6 Å². The van der Waals surface area contributed by atoms with Crippen molar-refractivity contribution in [1.82, 2.24) is 0 Å². The summed E-state index contributed by atoms with van der Waals surface area (Å²) < 4.78 is 4.73. The maximum atomic E-state index is 10.5. The van der Waals surface area contributed by atoms with Gasteiger partial charge in [0.15, 0.2) is 0 Å². The number of nitrogens with two attached hydrogens (primary N) is 1. The molecule has 0 fully saturated rings. The van der Waals surface area contributed by atoms with Crippen LogP contribution in [0, 0.1) is 0 Å². The van der Waals surface area contributed by atoms with E-state index in [0.717, 1.165) is 0 Å². The van der Waals surface area contributed by atoms with Crippen molar-refractivity contribution in [1.29, 1.82) is 0 Å². The van der Waals surface area contributed by atoms with Gasteiger partial charge in [0, 0.05) is 0 Å². The maximum absolute atomic E-state index is 10.5. The van der Waals surface area contributed by atoms with Crippen LogP contribution in [0.3, 0.4) is 0 Å². The molecule has 0 aliphatic heterocycles. The van der Waals surface area contributed by atoms with Gasteiger partial charge in [-0.2, -0.15) is 0 Å². The lowest BCUT2D eigenvalue weighted by molar-refractivity contribution is -0.143. The smallest absolute Gasteiger partial charge is 0.326 e. The van der Waals surface area contributed by atoms with Crippen LogP contribution in [0.2, 0.25) is 0 Å². The number of hydrogen-bond donors (Lipinski definition) is 2. The van der Waals surface area contributed by atoms with Crippen LogP contribution in [0.25, 0.3) is 0 Å². The molecular formula is C4H8INO3. The first-order valence-electron chi connectivity index (χ1n) is 2.31. The molecule has 0 heterocycles. The summed E-state index contributed by atoms with van der Waals surface area (Å²) in [6.07, 6.45) is 0. The highest BCUT2D eigenvalue weighted by atomic mass is 127. The highest BCUT2D eigenvalue weighted by molar-refractivity contribution is 14.1. The Hall–Kier alpha value is 0.120. The molecule has 0 aliphatic carbocycles. The highest BCUT2D eigenvalue weighted by Gasteiger charge is 2.11. The largest absolute Gasteiger partial charge is 0.454 e. The Morgan fingerprint density at radius 3 is 2.78 bits per heavy atom. The predicted molar refractivity (Wildman–Crippen MR) is 40.0 cm³/mol. The summed E-state index contributed by atoms with van der Waals surface area (Å²) in [6, 6.07) is -0.889. The molecular weight excluding hydrogens is 237 g/mol. The number of aliphatic hydroxyl groups excluding tert-OH is 1. The number of alkyl halides is 1. The van der Waals surface area contributed by atoms with Crippen molar-refractivity contribution >= 4 is 28.6 Å². The van der Waals surface area contributed by atoms with Crippen molar-refractivity contribution in [2.24, 2.45) is 5.73 Å². The molecule has 1 atom stereocenters. The first-order valence-corrected chi connectivity index (χ1v) is 3.84. The Morgan fingerprint density at radius 1 is 1.89 bits per heavy atom. The van der Waals surface area contributed by atoms with Crippen LogP contribution in [-0.2, 0) is 9.53 Å². The average Bonchev–Trinajstić information content (AvgIpc) is 1.87. The zero-order chi connectivity index (χ0) is 7.28. The van der Waals surface area contributed by atoms with Gasteiger partial charge >= 0.3 is 5.97 Å². The van der Waals surface area contributed by atoms with Gasteiger partial charge in [0.05, 0.1) is 6.61 Å². The van der Waals surface area contributed by atoms with Crippen LogP contribution in [0.5, 0.6) is 0 Å². The second-order valence-corrected chi connectivity index (χ2v) is 1.98. The molecule has 0 bridgehead atoms. The van der Waals surface area contributed by atoms with Crippen molar-refractivity contribution in [3.05, 3.63) is 0 Å². The molecule has 0 aromatic carbocycles. The molecule has 4 nitrogen and oxygen atoms in total. The lowest BCUT2D eigenvalue weighted by Gasteiger charge is -2.04. The number of aliphatic hydroxyl groups is 1. The Kier molecular flexibility index (Phi) is 5.02. The van der Waals surface area contributed by atoms with Crippen LogP contribution >= 0.6 is 22.6 Å². The molecule has 0 saturated carbocycles. The number of carbonyl (C=O) groups is 1.